The van der Waals surface area contributed by atoms with Gasteiger partial charge < -0.3 is 24.8 Å². The minimum atomic E-state index is 0.0483. The first-order valence-electron chi connectivity index (χ1n) is 15.0. The molecule has 208 valence electrons. The van der Waals surface area contributed by atoms with Gasteiger partial charge in [0.15, 0.2) is 0 Å². The molecule has 0 radical (unpaired) electrons. The highest BCUT2D eigenvalue weighted by Crippen LogP contribution is 2.58. The van der Waals surface area contributed by atoms with E-state index in [1.54, 1.807) is 0 Å². The molecular formula is C30H54N2O4. The third kappa shape index (κ3) is 7.33. The summed E-state index contributed by atoms with van der Waals surface area (Å²) in [6.45, 7) is 14.7. The molecule has 6 heteroatoms. The van der Waals surface area contributed by atoms with Gasteiger partial charge in [-0.1, -0.05) is 65.0 Å². The molecule has 5 fully saturated rings. The van der Waals surface area contributed by atoms with E-state index in [0.29, 0.717) is 30.7 Å². The lowest BCUT2D eigenvalue weighted by Crippen LogP contribution is -2.54. The largest absolute Gasteiger partial charge is 0.378 e. The first-order valence-corrected chi connectivity index (χ1v) is 15.0. The Morgan fingerprint density at radius 3 is 2.42 bits per heavy atom. The van der Waals surface area contributed by atoms with Gasteiger partial charge in [0.2, 0.25) is 5.91 Å². The van der Waals surface area contributed by atoms with Gasteiger partial charge in [0, 0.05) is 25.6 Å². The van der Waals surface area contributed by atoms with E-state index in [2.05, 4.69) is 13.5 Å². The number of piperidine rings is 1. The molecule has 0 aromatic heterocycles. The number of carbonyl (C=O) groups excluding carboxylic acids is 1. The number of nitrogens with zero attached hydrogens (tertiary/aromatic N) is 1. The summed E-state index contributed by atoms with van der Waals surface area (Å²) < 4.78 is 17.9. The zero-order valence-corrected chi connectivity index (χ0v) is 23.5. The van der Waals surface area contributed by atoms with Crippen LogP contribution in [0.1, 0.15) is 97.8 Å². The van der Waals surface area contributed by atoms with Gasteiger partial charge in [-0.05, 0) is 62.2 Å². The van der Waals surface area contributed by atoms with E-state index in [0.717, 1.165) is 58.4 Å². The average molecular weight is 507 g/mol. The number of ether oxygens (including phenoxy) is 3. The highest BCUT2D eigenvalue weighted by molar-refractivity contribution is 5.78. The quantitative estimate of drug-likeness (QED) is 0.485. The van der Waals surface area contributed by atoms with Gasteiger partial charge in [0.25, 0.3) is 0 Å². The number of amides is 1. The summed E-state index contributed by atoms with van der Waals surface area (Å²) in [6.07, 6.45) is 15.7. The van der Waals surface area contributed by atoms with E-state index >= 15 is 0 Å². The van der Waals surface area contributed by atoms with Crippen LogP contribution in [0.15, 0.2) is 12.2 Å². The van der Waals surface area contributed by atoms with Crippen molar-refractivity contribution >= 4 is 5.91 Å². The zero-order valence-electron chi connectivity index (χ0n) is 23.5. The predicted molar refractivity (Wildman–Crippen MR) is 146 cm³/mol. The monoisotopic (exact) mass is 506 g/mol. The molecule has 0 bridgehead atoms. The number of carbonyl (C=O) groups is 1. The SMILES string of the molecule is C1CCCC1.C=C1CCC2C3COCOC3CCC2(C)C1CCOC1CCN(C(=O)CN)CC1.CC. The van der Waals surface area contributed by atoms with Crippen LogP contribution in [0.4, 0.5) is 0 Å². The highest BCUT2D eigenvalue weighted by Gasteiger charge is 2.53. The molecule has 1 amide bonds. The number of allylic oxidation sites excluding steroid dienone is 1. The van der Waals surface area contributed by atoms with Crippen LogP contribution in [0.3, 0.4) is 0 Å². The second-order valence-corrected chi connectivity index (χ2v) is 11.5. The highest BCUT2D eigenvalue weighted by atomic mass is 16.7. The second-order valence-electron chi connectivity index (χ2n) is 11.5. The molecule has 0 spiro atoms. The van der Waals surface area contributed by atoms with Crippen LogP contribution < -0.4 is 5.73 Å². The minimum absolute atomic E-state index is 0.0483. The Morgan fingerprint density at radius 1 is 1.11 bits per heavy atom. The summed E-state index contributed by atoms with van der Waals surface area (Å²) in [6, 6.07) is 0. The van der Waals surface area contributed by atoms with E-state index < -0.39 is 0 Å². The van der Waals surface area contributed by atoms with Crippen LogP contribution in [0.25, 0.3) is 0 Å². The van der Waals surface area contributed by atoms with Crippen molar-refractivity contribution < 1.29 is 19.0 Å². The topological polar surface area (TPSA) is 74.0 Å². The fourth-order valence-corrected chi connectivity index (χ4v) is 7.48. The lowest BCUT2D eigenvalue weighted by molar-refractivity contribution is -0.219. The fraction of sp³-hybridized carbons (Fsp3) is 0.900. The minimum Gasteiger partial charge on any atom is -0.378 e. The van der Waals surface area contributed by atoms with Gasteiger partial charge in [0.05, 0.1) is 25.4 Å². The summed E-state index contributed by atoms with van der Waals surface area (Å²) in [4.78, 5) is 13.6. The molecule has 0 aromatic carbocycles. The Hall–Kier alpha value is -0.950. The van der Waals surface area contributed by atoms with Gasteiger partial charge in [-0.15, -0.1) is 0 Å². The summed E-state index contributed by atoms with van der Waals surface area (Å²) >= 11 is 0. The van der Waals surface area contributed by atoms with Crippen molar-refractivity contribution in [3.63, 3.8) is 0 Å². The number of likely N-dealkylation sites (tertiary alicyclic amines) is 1. The molecule has 2 N–H and O–H groups in total. The van der Waals surface area contributed by atoms with E-state index in [1.165, 1.54) is 50.5 Å². The zero-order chi connectivity index (χ0) is 26.0. The summed E-state index contributed by atoms with van der Waals surface area (Å²) in [5.74, 6) is 1.75. The first-order chi connectivity index (χ1) is 17.5. The molecule has 5 rings (SSSR count). The number of hydrogen-bond acceptors (Lipinski definition) is 5. The number of nitrogens with two attached hydrogens (primary N) is 1. The molecule has 36 heavy (non-hydrogen) atoms. The smallest absolute Gasteiger partial charge is 0.236 e. The number of fused-ring (bicyclic) bond motifs is 3. The lowest BCUT2D eigenvalue weighted by Gasteiger charge is -2.57. The van der Waals surface area contributed by atoms with Crippen LogP contribution in [0.5, 0.6) is 0 Å². The van der Waals surface area contributed by atoms with Crippen LogP contribution in [-0.4, -0.2) is 62.7 Å². The second kappa shape index (κ2) is 14.8. The molecule has 2 heterocycles. The van der Waals surface area contributed by atoms with Crippen LogP contribution in [-0.2, 0) is 19.0 Å². The molecule has 3 saturated carbocycles. The van der Waals surface area contributed by atoms with Gasteiger partial charge in [0.1, 0.15) is 6.79 Å². The Kier molecular flexibility index (Phi) is 12.2. The Bertz CT molecular complexity index is 666. The molecule has 0 aromatic rings. The van der Waals surface area contributed by atoms with Gasteiger partial charge in [-0.3, -0.25) is 4.79 Å². The third-order valence-electron chi connectivity index (χ3n) is 9.53. The maximum atomic E-state index is 11.7. The molecular weight excluding hydrogens is 452 g/mol. The van der Waals surface area contributed by atoms with Crippen molar-refractivity contribution in [2.24, 2.45) is 28.9 Å². The average Bonchev–Trinajstić information content (AvgIpc) is 3.51. The van der Waals surface area contributed by atoms with Crippen molar-refractivity contribution in [1.29, 1.82) is 0 Å². The van der Waals surface area contributed by atoms with Gasteiger partial charge in [-0.2, -0.15) is 0 Å². The molecule has 5 unspecified atom stereocenters. The normalized spacial score (nSPS) is 34.4. The van der Waals surface area contributed by atoms with Crippen LogP contribution >= 0.6 is 0 Å². The van der Waals surface area contributed by atoms with E-state index in [1.807, 2.05) is 18.7 Å². The molecule has 2 saturated heterocycles. The van der Waals surface area contributed by atoms with E-state index in [4.69, 9.17) is 19.9 Å². The van der Waals surface area contributed by atoms with E-state index in [9.17, 15) is 4.79 Å². The van der Waals surface area contributed by atoms with Crippen LogP contribution in [0.2, 0.25) is 0 Å². The molecule has 3 aliphatic carbocycles. The van der Waals surface area contributed by atoms with Crippen molar-refractivity contribution in [3.05, 3.63) is 12.2 Å². The Labute approximate surface area is 220 Å². The van der Waals surface area contributed by atoms with Gasteiger partial charge >= 0.3 is 0 Å². The maximum absolute atomic E-state index is 11.7. The van der Waals surface area contributed by atoms with Crippen LogP contribution in [0, 0.1) is 23.2 Å². The van der Waals surface area contributed by atoms with Crippen molar-refractivity contribution in [2.45, 2.75) is 110 Å². The molecule has 2 aliphatic heterocycles. The number of hydrogen-bond donors (Lipinski definition) is 1. The third-order valence-corrected chi connectivity index (χ3v) is 9.53. The van der Waals surface area contributed by atoms with Gasteiger partial charge in [-0.25, -0.2) is 0 Å². The van der Waals surface area contributed by atoms with Crippen molar-refractivity contribution in [3.8, 4) is 0 Å². The lowest BCUT2D eigenvalue weighted by atomic mass is 9.50. The summed E-state index contributed by atoms with van der Waals surface area (Å²) in [7, 11) is 0. The predicted octanol–water partition coefficient (Wildman–Crippen LogP) is 5.69. The molecule has 5 atom stereocenters. The number of rotatable bonds is 5. The maximum Gasteiger partial charge on any atom is 0.236 e. The van der Waals surface area contributed by atoms with Crippen molar-refractivity contribution in [1.82, 2.24) is 4.90 Å². The van der Waals surface area contributed by atoms with Crippen molar-refractivity contribution in [2.75, 3.05) is 39.6 Å². The Morgan fingerprint density at radius 2 is 1.78 bits per heavy atom. The molecule has 6 nitrogen and oxygen atoms in total. The molecule has 5 aliphatic rings. The fourth-order valence-electron chi connectivity index (χ4n) is 7.48. The Balaban J connectivity index is 0.000000452. The standard InChI is InChI=1S/C23H38N2O4.C5H10.C2H6/c1-16-3-4-20-18-14-27-15-29-21(18)5-9-23(20,2)19(16)8-12-28-17-6-10-25(11-7-17)22(26)13-24;1-2-4-5-3-1;1-2/h17-21H,1,3-15,24H2,2H3;1-5H2;1-2H3. The first kappa shape index (κ1) is 29.6. The summed E-state index contributed by atoms with van der Waals surface area (Å²) in [5, 5.41) is 0. The van der Waals surface area contributed by atoms with E-state index in [-0.39, 0.29) is 24.0 Å². The summed E-state index contributed by atoms with van der Waals surface area (Å²) in [5.41, 5.74) is 7.16.